The number of hydrogen-bond donors (Lipinski definition) is 1. The van der Waals surface area contributed by atoms with Crippen molar-refractivity contribution in [3.8, 4) is 6.07 Å². The van der Waals surface area contributed by atoms with Crippen LogP contribution in [0.4, 0.5) is 0 Å². The van der Waals surface area contributed by atoms with Crippen LogP contribution in [-0.4, -0.2) is 11.1 Å². The summed E-state index contributed by atoms with van der Waals surface area (Å²) >= 11 is 0. The first-order valence-corrected chi connectivity index (χ1v) is 5.71. The summed E-state index contributed by atoms with van der Waals surface area (Å²) in [5, 5.41) is 18.0. The molecule has 3 heteroatoms. The first kappa shape index (κ1) is 12.6. The Kier molecular flexibility index (Phi) is 3.75. The van der Waals surface area contributed by atoms with Crippen molar-refractivity contribution < 1.29 is 9.90 Å². The van der Waals surface area contributed by atoms with Crippen LogP contribution in [0.2, 0.25) is 0 Å². The van der Waals surface area contributed by atoms with Gasteiger partial charge < -0.3 is 5.11 Å². The average molecular weight is 249 g/mol. The zero-order chi connectivity index (χ0) is 13.7. The van der Waals surface area contributed by atoms with E-state index in [1.165, 1.54) is 12.1 Å². The van der Waals surface area contributed by atoms with Crippen molar-refractivity contribution in [2.24, 2.45) is 0 Å². The first-order chi connectivity index (χ1) is 9.20. The van der Waals surface area contributed by atoms with Gasteiger partial charge in [0, 0.05) is 0 Å². The van der Waals surface area contributed by atoms with Gasteiger partial charge in [-0.25, -0.2) is 4.79 Å². The number of rotatable bonds is 3. The summed E-state index contributed by atoms with van der Waals surface area (Å²) < 4.78 is 0. The van der Waals surface area contributed by atoms with Crippen LogP contribution in [-0.2, 0) is 0 Å². The molecule has 0 aliphatic rings. The Morgan fingerprint density at radius 3 is 2.11 bits per heavy atom. The molecule has 0 amide bonds. The number of hydrogen-bond acceptors (Lipinski definition) is 2. The highest BCUT2D eigenvalue weighted by atomic mass is 16.4. The van der Waals surface area contributed by atoms with Crippen molar-refractivity contribution in [2.75, 3.05) is 0 Å². The van der Waals surface area contributed by atoms with E-state index in [0.717, 1.165) is 5.56 Å². The molecule has 0 aromatic heterocycles. The van der Waals surface area contributed by atoms with E-state index in [9.17, 15) is 10.1 Å². The summed E-state index contributed by atoms with van der Waals surface area (Å²) in [4.78, 5) is 10.8. The molecular weight excluding hydrogens is 238 g/mol. The van der Waals surface area contributed by atoms with Crippen LogP contribution in [0.25, 0.3) is 11.6 Å². The number of nitrogens with zero attached hydrogens (tertiary/aromatic N) is 1. The second-order valence-corrected chi connectivity index (χ2v) is 3.96. The Hall–Kier alpha value is -2.86. The highest BCUT2D eigenvalue weighted by molar-refractivity contribution is 5.92. The molecule has 0 heterocycles. The van der Waals surface area contributed by atoms with E-state index >= 15 is 0 Å². The first-order valence-electron chi connectivity index (χ1n) is 5.71. The van der Waals surface area contributed by atoms with Crippen LogP contribution < -0.4 is 0 Å². The lowest BCUT2D eigenvalue weighted by molar-refractivity contribution is 0.0697. The van der Waals surface area contributed by atoms with Gasteiger partial charge in [0.2, 0.25) is 0 Å². The molecule has 0 saturated carbocycles. The van der Waals surface area contributed by atoms with Crippen LogP contribution >= 0.6 is 0 Å². The SMILES string of the molecule is N#CC(=Cc1ccccc1)c1ccc(C(=O)O)cc1. The molecule has 0 saturated heterocycles. The van der Waals surface area contributed by atoms with Gasteiger partial charge in [0.1, 0.15) is 0 Å². The second-order valence-electron chi connectivity index (χ2n) is 3.96. The standard InChI is InChI=1S/C16H11NO2/c17-11-15(10-12-4-2-1-3-5-12)13-6-8-14(9-7-13)16(18)19/h1-10H,(H,18,19). The second kappa shape index (κ2) is 5.65. The number of carboxylic acids is 1. The number of benzene rings is 2. The summed E-state index contributed by atoms with van der Waals surface area (Å²) in [5.74, 6) is -0.975. The van der Waals surface area contributed by atoms with E-state index in [2.05, 4.69) is 6.07 Å². The monoisotopic (exact) mass is 249 g/mol. The topological polar surface area (TPSA) is 61.1 Å². The van der Waals surface area contributed by atoms with E-state index in [1.807, 2.05) is 30.3 Å². The van der Waals surface area contributed by atoms with Gasteiger partial charge in [0.05, 0.1) is 17.2 Å². The van der Waals surface area contributed by atoms with Crippen LogP contribution in [0.15, 0.2) is 54.6 Å². The molecule has 0 spiro atoms. The van der Waals surface area contributed by atoms with Crippen molar-refractivity contribution >= 4 is 17.6 Å². The van der Waals surface area contributed by atoms with Crippen LogP contribution in [0, 0.1) is 11.3 Å². The zero-order valence-corrected chi connectivity index (χ0v) is 10.1. The summed E-state index contributed by atoms with van der Waals surface area (Å²) in [6, 6.07) is 17.9. The molecule has 2 aromatic carbocycles. The van der Waals surface area contributed by atoms with Crippen molar-refractivity contribution in [1.29, 1.82) is 5.26 Å². The molecule has 92 valence electrons. The molecule has 0 aliphatic heterocycles. The molecule has 2 rings (SSSR count). The minimum absolute atomic E-state index is 0.209. The van der Waals surface area contributed by atoms with Gasteiger partial charge in [0.25, 0.3) is 0 Å². The van der Waals surface area contributed by atoms with Gasteiger partial charge in [0.15, 0.2) is 0 Å². The van der Waals surface area contributed by atoms with Gasteiger partial charge in [-0.2, -0.15) is 5.26 Å². The van der Waals surface area contributed by atoms with Crippen LogP contribution in [0.1, 0.15) is 21.5 Å². The third-order valence-electron chi connectivity index (χ3n) is 2.67. The highest BCUT2D eigenvalue weighted by Crippen LogP contribution is 2.18. The third-order valence-corrected chi connectivity index (χ3v) is 2.67. The van der Waals surface area contributed by atoms with E-state index in [1.54, 1.807) is 18.2 Å². The fourth-order valence-corrected chi connectivity index (χ4v) is 1.69. The Balaban J connectivity index is 2.36. The quantitative estimate of drug-likeness (QED) is 0.669. The van der Waals surface area contributed by atoms with Gasteiger partial charge in [-0.05, 0) is 29.3 Å². The average Bonchev–Trinajstić information content (AvgIpc) is 2.46. The van der Waals surface area contributed by atoms with Crippen molar-refractivity contribution in [2.45, 2.75) is 0 Å². The Morgan fingerprint density at radius 1 is 1.00 bits per heavy atom. The molecule has 0 aliphatic carbocycles. The van der Waals surface area contributed by atoms with Gasteiger partial charge in [-0.3, -0.25) is 0 Å². The van der Waals surface area contributed by atoms with E-state index in [-0.39, 0.29) is 5.56 Å². The lowest BCUT2D eigenvalue weighted by Crippen LogP contribution is -1.95. The number of nitriles is 1. The number of carboxylic acid groups (broad SMARTS) is 1. The number of carbonyl (C=O) groups is 1. The maximum atomic E-state index is 10.8. The summed E-state index contributed by atoms with van der Waals surface area (Å²) in [5.41, 5.74) is 2.35. The van der Waals surface area contributed by atoms with Gasteiger partial charge in [-0.1, -0.05) is 42.5 Å². The molecular formula is C16H11NO2. The number of aromatic carboxylic acids is 1. The zero-order valence-electron chi connectivity index (χ0n) is 10.1. The van der Waals surface area contributed by atoms with Crippen molar-refractivity contribution in [1.82, 2.24) is 0 Å². The smallest absolute Gasteiger partial charge is 0.335 e. The maximum Gasteiger partial charge on any atom is 0.335 e. The fourth-order valence-electron chi connectivity index (χ4n) is 1.69. The van der Waals surface area contributed by atoms with Crippen LogP contribution in [0.5, 0.6) is 0 Å². The molecule has 2 aromatic rings. The minimum atomic E-state index is -0.975. The van der Waals surface area contributed by atoms with Gasteiger partial charge >= 0.3 is 5.97 Å². The Bertz CT molecular complexity index is 649. The normalized spacial score (nSPS) is 10.8. The lowest BCUT2D eigenvalue weighted by Gasteiger charge is -2.01. The molecule has 0 atom stereocenters. The molecule has 3 nitrogen and oxygen atoms in total. The van der Waals surface area contributed by atoms with E-state index in [0.29, 0.717) is 11.1 Å². The van der Waals surface area contributed by atoms with Crippen molar-refractivity contribution in [3.05, 3.63) is 71.3 Å². The molecule has 0 fully saturated rings. The molecule has 0 unspecified atom stereocenters. The molecule has 0 bridgehead atoms. The van der Waals surface area contributed by atoms with Gasteiger partial charge in [-0.15, -0.1) is 0 Å². The summed E-state index contributed by atoms with van der Waals surface area (Å²) in [6.07, 6.45) is 1.77. The summed E-state index contributed by atoms with van der Waals surface area (Å²) in [6.45, 7) is 0. The largest absolute Gasteiger partial charge is 0.478 e. The maximum absolute atomic E-state index is 10.8. The molecule has 1 N–H and O–H groups in total. The summed E-state index contributed by atoms with van der Waals surface area (Å²) in [7, 11) is 0. The highest BCUT2D eigenvalue weighted by Gasteiger charge is 2.04. The van der Waals surface area contributed by atoms with Crippen molar-refractivity contribution in [3.63, 3.8) is 0 Å². The lowest BCUT2D eigenvalue weighted by atomic mass is 10.0. The fraction of sp³-hybridized carbons (Fsp3) is 0. The third kappa shape index (κ3) is 3.08. The predicted octanol–water partition coefficient (Wildman–Crippen LogP) is 3.45. The number of allylic oxidation sites excluding steroid dienone is 1. The van der Waals surface area contributed by atoms with Crippen LogP contribution in [0.3, 0.4) is 0 Å². The van der Waals surface area contributed by atoms with E-state index in [4.69, 9.17) is 5.11 Å². The predicted molar refractivity (Wildman–Crippen MR) is 73.3 cm³/mol. The Labute approximate surface area is 111 Å². The Morgan fingerprint density at radius 2 is 1.58 bits per heavy atom. The van der Waals surface area contributed by atoms with E-state index < -0.39 is 5.97 Å². The molecule has 0 radical (unpaired) electrons. The minimum Gasteiger partial charge on any atom is -0.478 e. The molecule has 19 heavy (non-hydrogen) atoms.